The molecule has 34 heavy (non-hydrogen) atoms. The van der Waals surface area contributed by atoms with Crippen molar-refractivity contribution in [2.75, 3.05) is 13.7 Å². The van der Waals surface area contributed by atoms with Gasteiger partial charge in [0.2, 0.25) is 0 Å². The van der Waals surface area contributed by atoms with Crippen molar-refractivity contribution in [1.82, 2.24) is 5.32 Å². The van der Waals surface area contributed by atoms with Crippen LogP contribution < -0.4 is 19.5 Å². The molecule has 0 spiro atoms. The molecule has 0 saturated carbocycles. The first-order valence-electron chi connectivity index (χ1n) is 10.6. The number of hydrogen-bond donors (Lipinski definition) is 1. The normalized spacial score (nSPS) is 15.4. The summed E-state index contributed by atoms with van der Waals surface area (Å²) in [6.45, 7) is 2.85. The highest BCUT2D eigenvalue weighted by Crippen LogP contribution is 2.33. The van der Waals surface area contributed by atoms with Crippen molar-refractivity contribution < 1.29 is 19.0 Å². The first-order valence-corrected chi connectivity index (χ1v) is 12.2. The molecule has 174 valence electrons. The average Bonchev–Trinajstić information content (AvgIpc) is 3.18. The molecule has 0 bridgehead atoms. The maximum absolute atomic E-state index is 12.5. The Kier molecular flexibility index (Phi) is 7.92. The SMILES string of the molecule is CCOc1cc(/C=C2\SC(=Nc3ccc(OC)cc3)NC2=O)ccc1OCc1ccc(Br)cc1. The predicted molar refractivity (Wildman–Crippen MR) is 140 cm³/mol. The molecule has 1 aliphatic heterocycles. The van der Waals surface area contributed by atoms with Crippen molar-refractivity contribution in [3.05, 3.63) is 87.2 Å². The fourth-order valence-corrected chi connectivity index (χ4v) is 4.26. The number of ether oxygens (including phenoxy) is 3. The van der Waals surface area contributed by atoms with Gasteiger partial charge in [-0.2, -0.15) is 0 Å². The molecule has 1 fully saturated rings. The van der Waals surface area contributed by atoms with E-state index in [-0.39, 0.29) is 5.91 Å². The molecule has 0 atom stereocenters. The Hall–Kier alpha value is -3.23. The van der Waals surface area contributed by atoms with Crippen LogP contribution in [0.4, 0.5) is 5.69 Å². The number of aliphatic imine (C=N–C) groups is 1. The lowest BCUT2D eigenvalue weighted by Crippen LogP contribution is -2.19. The number of benzene rings is 3. The third kappa shape index (κ3) is 6.21. The van der Waals surface area contributed by atoms with E-state index in [9.17, 15) is 4.79 Å². The van der Waals surface area contributed by atoms with Crippen LogP contribution in [0.2, 0.25) is 0 Å². The van der Waals surface area contributed by atoms with Crippen molar-refractivity contribution in [2.24, 2.45) is 4.99 Å². The van der Waals surface area contributed by atoms with Gasteiger partial charge in [-0.1, -0.05) is 34.1 Å². The van der Waals surface area contributed by atoms with Gasteiger partial charge in [-0.05, 0) is 84.4 Å². The summed E-state index contributed by atoms with van der Waals surface area (Å²) in [5.41, 5.74) is 2.62. The van der Waals surface area contributed by atoms with E-state index in [1.54, 1.807) is 7.11 Å². The Bertz CT molecular complexity index is 1220. The number of hydrogen-bond acceptors (Lipinski definition) is 6. The van der Waals surface area contributed by atoms with E-state index >= 15 is 0 Å². The number of methoxy groups -OCH3 is 1. The zero-order chi connectivity index (χ0) is 23.9. The second-order valence-corrected chi connectivity index (χ2v) is 9.18. The van der Waals surface area contributed by atoms with Crippen LogP contribution in [-0.2, 0) is 11.4 Å². The van der Waals surface area contributed by atoms with Gasteiger partial charge >= 0.3 is 0 Å². The standard InChI is InChI=1S/C26H23BrN2O4S/c1-3-32-23-14-18(6-13-22(23)33-16-17-4-7-19(27)8-5-17)15-24-25(30)29-26(34-24)28-20-9-11-21(31-2)12-10-20/h4-15H,3,16H2,1-2H3,(H,28,29,30)/b24-15-. The number of carbonyl (C=O) groups is 1. The third-order valence-corrected chi connectivity index (χ3v) is 6.27. The topological polar surface area (TPSA) is 69.2 Å². The van der Waals surface area contributed by atoms with Crippen LogP contribution >= 0.6 is 27.7 Å². The minimum atomic E-state index is -0.189. The van der Waals surface area contributed by atoms with E-state index in [0.29, 0.717) is 34.8 Å². The fourth-order valence-electron chi connectivity index (χ4n) is 3.15. The summed E-state index contributed by atoms with van der Waals surface area (Å²) in [5, 5.41) is 3.34. The van der Waals surface area contributed by atoms with Crippen molar-refractivity contribution in [1.29, 1.82) is 0 Å². The molecule has 1 amide bonds. The van der Waals surface area contributed by atoms with Gasteiger partial charge in [0.1, 0.15) is 12.4 Å². The summed E-state index contributed by atoms with van der Waals surface area (Å²) < 4.78 is 18.0. The van der Waals surface area contributed by atoms with Gasteiger partial charge in [0.15, 0.2) is 16.7 Å². The Morgan fingerprint density at radius 2 is 1.76 bits per heavy atom. The summed E-state index contributed by atoms with van der Waals surface area (Å²) in [7, 11) is 1.61. The molecular weight excluding hydrogens is 516 g/mol. The van der Waals surface area contributed by atoms with E-state index in [0.717, 1.165) is 27.0 Å². The molecule has 1 aliphatic rings. The Morgan fingerprint density at radius 3 is 2.47 bits per heavy atom. The first kappa shape index (κ1) is 23.9. The molecule has 3 aromatic carbocycles. The van der Waals surface area contributed by atoms with Gasteiger partial charge in [0.25, 0.3) is 5.91 Å². The number of amidine groups is 1. The Labute approximate surface area is 211 Å². The van der Waals surface area contributed by atoms with Crippen LogP contribution in [0, 0.1) is 0 Å². The third-order valence-electron chi connectivity index (χ3n) is 4.83. The molecule has 6 nitrogen and oxygen atoms in total. The maximum atomic E-state index is 12.5. The van der Waals surface area contributed by atoms with Crippen LogP contribution in [0.25, 0.3) is 6.08 Å². The number of rotatable bonds is 8. The van der Waals surface area contributed by atoms with Gasteiger partial charge in [-0.25, -0.2) is 4.99 Å². The van der Waals surface area contributed by atoms with Crippen LogP contribution in [-0.4, -0.2) is 24.8 Å². The molecule has 0 aliphatic carbocycles. The van der Waals surface area contributed by atoms with Crippen molar-refractivity contribution >= 4 is 50.5 Å². The maximum Gasteiger partial charge on any atom is 0.264 e. The van der Waals surface area contributed by atoms with E-state index < -0.39 is 0 Å². The average molecular weight is 539 g/mol. The number of carbonyl (C=O) groups excluding carboxylic acids is 1. The molecule has 1 saturated heterocycles. The summed E-state index contributed by atoms with van der Waals surface area (Å²) in [6, 6.07) is 20.9. The predicted octanol–water partition coefficient (Wildman–Crippen LogP) is 6.33. The first-order chi connectivity index (χ1) is 16.5. The largest absolute Gasteiger partial charge is 0.497 e. The van der Waals surface area contributed by atoms with Gasteiger partial charge in [-0.15, -0.1) is 0 Å². The molecule has 8 heteroatoms. The minimum Gasteiger partial charge on any atom is -0.497 e. The fraction of sp³-hybridized carbons (Fsp3) is 0.154. The second-order valence-electron chi connectivity index (χ2n) is 7.23. The van der Waals surface area contributed by atoms with Gasteiger partial charge in [0.05, 0.1) is 24.3 Å². The van der Waals surface area contributed by atoms with Crippen LogP contribution in [0.3, 0.4) is 0 Å². The van der Waals surface area contributed by atoms with E-state index in [1.165, 1.54) is 11.8 Å². The van der Waals surface area contributed by atoms with Crippen LogP contribution in [0.1, 0.15) is 18.1 Å². The highest BCUT2D eigenvalue weighted by Gasteiger charge is 2.24. The van der Waals surface area contributed by atoms with E-state index in [4.69, 9.17) is 14.2 Å². The lowest BCUT2D eigenvalue weighted by atomic mass is 10.2. The summed E-state index contributed by atoms with van der Waals surface area (Å²) in [6.07, 6.45) is 1.82. The highest BCUT2D eigenvalue weighted by molar-refractivity contribution is 9.10. The number of nitrogens with one attached hydrogen (secondary N) is 1. The van der Waals surface area contributed by atoms with Crippen molar-refractivity contribution in [2.45, 2.75) is 13.5 Å². The zero-order valence-electron chi connectivity index (χ0n) is 18.7. The molecule has 0 unspecified atom stereocenters. The summed E-state index contributed by atoms with van der Waals surface area (Å²) in [4.78, 5) is 17.5. The molecule has 3 aromatic rings. The van der Waals surface area contributed by atoms with Crippen molar-refractivity contribution in [3.63, 3.8) is 0 Å². The number of amides is 1. The summed E-state index contributed by atoms with van der Waals surface area (Å²) in [5.74, 6) is 1.84. The summed E-state index contributed by atoms with van der Waals surface area (Å²) >= 11 is 4.73. The molecule has 4 rings (SSSR count). The van der Waals surface area contributed by atoms with E-state index in [2.05, 4.69) is 26.2 Å². The van der Waals surface area contributed by atoms with E-state index in [1.807, 2.05) is 79.7 Å². The molecule has 1 N–H and O–H groups in total. The van der Waals surface area contributed by atoms with Gasteiger partial charge in [-0.3, -0.25) is 4.79 Å². The van der Waals surface area contributed by atoms with Crippen LogP contribution in [0.5, 0.6) is 17.2 Å². The van der Waals surface area contributed by atoms with Crippen molar-refractivity contribution in [3.8, 4) is 17.2 Å². The zero-order valence-corrected chi connectivity index (χ0v) is 21.1. The lowest BCUT2D eigenvalue weighted by Gasteiger charge is -2.13. The molecule has 1 heterocycles. The van der Waals surface area contributed by atoms with Gasteiger partial charge < -0.3 is 19.5 Å². The Balaban J connectivity index is 1.48. The number of halogens is 1. The number of thioether (sulfide) groups is 1. The molecular formula is C26H23BrN2O4S. The minimum absolute atomic E-state index is 0.189. The highest BCUT2D eigenvalue weighted by atomic mass is 79.9. The smallest absolute Gasteiger partial charge is 0.264 e. The number of nitrogens with zero attached hydrogens (tertiary/aromatic N) is 1. The Morgan fingerprint density at radius 1 is 1.00 bits per heavy atom. The molecule has 0 radical (unpaired) electrons. The van der Waals surface area contributed by atoms with Gasteiger partial charge in [0, 0.05) is 4.47 Å². The van der Waals surface area contributed by atoms with Crippen LogP contribution in [0.15, 0.2) is 81.1 Å². The quantitative estimate of drug-likeness (QED) is 0.339. The lowest BCUT2D eigenvalue weighted by molar-refractivity contribution is -0.115. The monoisotopic (exact) mass is 538 g/mol. The second kappa shape index (κ2) is 11.3. The molecule has 0 aromatic heterocycles.